The van der Waals surface area contributed by atoms with Crippen molar-refractivity contribution >= 4 is 41.1 Å². The molecule has 0 atom stereocenters. The van der Waals surface area contributed by atoms with Gasteiger partial charge in [-0.1, -0.05) is 42.1 Å². The van der Waals surface area contributed by atoms with E-state index in [2.05, 4.69) is 21.4 Å². The summed E-state index contributed by atoms with van der Waals surface area (Å²) in [5, 5.41) is 3.55. The van der Waals surface area contributed by atoms with Crippen LogP contribution in [0.2, 0.25) is 10.0 Å². The van der Waals surface area contributed by atoms with Crippen molar-refractivity contribution in [2.75, 3.05) is 38.5 Å². The van der Waals surface area contributed by atoms with E-state index in [-0.39, 0.29) is 24.3 Å². The molecule has 1 aliphatic heterocycles. The first-order valence-corrected chi connectivity index (χ1v) is 12.1. The number of alkyl halides is 2. The third-order valence-electron chi connectivity index (χ3n) is 6.12. The maximum atomic E-state index is 13.9. The minimum atomic E-state index is -2.63. The van der Waals surface area contributed by atoms with Gasteiger partial charge >= 0.3 is 0 Å². The average Bonchev–Trinajstić information content (AvgIpc) is 2.68. The molecule has 3 rings (SSSR count). The summed E-state index contributed by atoms with van der Waals surface area (Å²) < 4.78 is 30.2. The maximum absolute atomic E-state index is 13.9. The van der Waals surface area contributed by atoms with E-state index in [0.717, 1.165) is 37.5 Å². The number of hydrogen-bond acceptors (Lipinski definition) is 4. The van der Waals surface area contributed by atoms with E-state index in [9.17, 15) is 13.6 Å². The van der Waals surface area contributed by atoms with E-state index in [0.29, 0.717) is 29.4 Å². The zero-order valence-electron chi connectivity index (χ0n) is 17.4. The number of amides is 1. The monoisotopic (exact) mass is 479 g/mol. The van der Waals surface area contributed by atoms with Crippen LogP contribution in [-0.2, 0) is 0 Å². The van der Waals surface area contributed by atoms with Gasteiger partial charge in [-0.05, 0) is 37.5 Å². The lowest BCUT2D eigenvalue weighted by Crippen LogP contribution is -2.62. The van der Waals surface area contributed by atoms with Gasteiger partial charge in [-0.25, -0.2) is 13.1 Å². The molecule has 0 unspecified atom stereocenters. The van der Waals surface area contributed by atoms with Crippen LogP contribution >= 0.6 is 35.1 Å². The molecule has 168 valence electrons. The second-order valence-electron chi connectivity index (χ2n) is 8.20. The number of carbonyl (C=O) groups is 1. The predicted octanol–water partition coefficient (Wildman–Crippen LogP) is 5.27. The molecule has 0 bridgehead atoms. The van der Waals surface area contributed by atoms with Gasteiger partial charge in [0.25, 0.3) is 5.91 Å². The summed E-state index contributed by atoms with van der Waals surface area (Å²) in [6.45, 7) is 7.68. The van der Waals surface area contributed by atoms with E-state index < -0.39 is 11.5 Å². The highest BCUT2D eigenvalue weighted by atomic mass is 35.5. The minimum absolute atomic E-state index is 0.154. The van der Waals surface area contributed by atoms with Crippen LogP contribution in [0.25, 0.3) is 0 Å². The first kappa shape index (κ1) is 24.1. The average molecular weight is 480 g/mol. The standard InChI is InChI=1S/C21H29Cl2F2N3OS/c1-3-30-28-10-8-27(9-11-28)20(4-6-21(24,25)7-5-20)14-26-19(29)18-16(22)12-15(2)13-17(18)23/h12-13H,3-11,14H2,1-2H3,(H,26,29). The van der Waals surface area contributed by atoms with Gasteiger partial charge in [-0.2, -0.15) is 0 Å². The van der Waals surface area contributed by atoms with Crippen molar-refractivity contribution in [1.82, 2.24) is 14.5 Å². The molecule has 1 aromatic rings. The molecular weight excluding hydrogens is 451 g/mol. The minimum Gasteiger partial charge on any atom is -0.350 e. The highest BCUT2D eigenvalue weighted by molar-refractivity contribution is 7.96. The van der Waals surface area contributed by atoms with Gasteiger partial charge in [-0.15, -0.1) is 0 Å². The first-order chi connectivity index (χ1) is 14.2. The summed E-state index contributed by atoms with van der Waals surface area (Å²) in [7, 11) is 0. The Morgan fingerprint density at radius 2 is 1.67 bits per heavy atom. The number of aryl methyl sites for hydroxylation is 1. The third kappa shape index (κ3) is 5.60. The number of carbonyl (C=O) groups excluding carboxylic acids is 1. The summed E-state index contributed by atoms with van der Waals surface area (Å²) in [6, 6.07) is 3.40. The Kier molecular flexibility index (Phi) is 7.94. The van der Waals surface area contributed by atoms with Crippen molar-refractivity contribution in [1.29, 1.82) is 0 Å². The van der Waals surface area contributed by atoms with E-state index in [1.54, 1.807) is 12.1 Å². The number of hydrogen-bond donors (Lipinski definition) is 1. The lowest BCUT2D eigenvalue weighted by atomic mass is 9.78. The third-order valence-corrected chi connectivity index (χ3v) is 7.71. The molecule has 30 heavy (non-hydrogen) atoms. The van der Waals surface area contributed by atoms with E-state index in [1.165, 1.54) is 0 Å². The molecule has 1 aliphatic carbocycles. The van der Waals surface area contributed by atoms with E-state index in [4.69, 9.17) is 23.2 Å². The Morgan fingerprint density at radius 3 is 2.20 bits per heavy atom. The van der Waals surface area contributed by atoms with Crippen LogP contribution < -0.4 is 5.32 Å². The fourth-order valence-corrected chi connectivity index (χ4v) is 5.96. The van der Waals surface area contributed by atoms with Gasteiger partial charge in [0.15, 0.2) is 0 Å². The van der Waals surface area contributed by atoms with Crippen LogP contribution in [0.3, 0.4) is 0 Å². The van der Waals surface area contributed by atoms with Crippen LogP contribution in [-0.4, -0.2) is 65.1 Å². The number of piperazine rings is 1. The highest BCUT2D eigenvalue weighted by Gasteiger charge is 2.47. The molecule has 2 aliphatic rings. The number of nitrogens with zero attached hydrogens (tertiary/aromatic N) is 2. The van der Waals surface area contributed by atoms with Gasteiger partial charge in [0.2, 0.25) is 5.92 Å². The molecule has 0 aromatic heterocycles. The lowest BCUT2D eigenvalue weighted by molar-refractivity contribution is -0.0854. The topological polar surface area (TPSA) is 35.6 Å². The SMILES string of the molecule is CCSN1CCN(C2(CNC(=O)c3c(Cl)cc(C)cc3Cl)CCC(F)(F)CC2)CC1. The Hall–Kier alpha value is -0.600. The van der Waals surface area contributed by atoms with E-state index in [1.807, 2.05) is 18.9 Å². The molecule has 1 saturated heterocycles. The fourth-order valence-electron chi connectivity index (χ4n) is 4.41. The normalized spacial score (nSPS) is 22.1. The van der Waals surface area contributed by atoms with Crippen molar-refractivity contribution in [2.24, 2.45) is 0 Å². The highest BCUT2D eigenvalue weighted by Crippen LogP contribution is 2.42. The van der Waals surface area contributed by atoms with Gasteiger partial charge in [0.1, 0.15) is 0 Å². The first-order valence-electron chi connectivity index (χ1n) is 10.4. The molecular formula is C21H29Cl2F2N3OS. The quantitative estimate of drug-likeness (QED) is 0.564. The molecule has 0 spiro atoms. The summed E-state index contributed by atoms with van der Waals surface area (Å²) in [6.07, 6.45) is 0.408. The van der Waals surface area contributed by atoms with Crippen molar-refractivity contribution in [3.05, 3.63) is 33.3 Å². The second kappa shape index (κ2) is 9.90. The molecule has 1 amide bonds. The molecule has 4 nitrogen and oxygen atoms in total. The largest absolute Gasteiger partial charge is 0.350 e. The summed E-state index contributed by atoms with van der Waals surface area (Å²) in [5.74, 6) is -1.97. The molecule has 9 heteroatoms. The predicted molar refractivity (Wildman–Crippen MR) is 121 cm³/mol. The fraction of sp³-hybridized carbons (Fsp3) is 0.667. The Labute approximate surface area is 191 Å². The number of nitrogens with one attached hydrogen (secondary N) is 1. The second-order valence-corrected chi connectivity index (χ2v) is 10.4. The van der Waals surface area contributed by atoms with Gasteiger partial charge < -0.3 is 5.32 Å². The van der Waals surface area contributed by atoms with Gasteiger partial charge in [0, 0.05) is 56.9 Å². The number of benzene rings is 1. The van der Waals surface area contributed by atoms with E-state index >= 15 is 0 Å². The Bertz CT molecular complexity index is 740. The number of halogens is 4. The summed E-state index contributed by atoms with van der Waals surface area (Å²) in [4.78, 5) is 15.2. The van der Waals surface area contributed by atoms with Crippen LogP contribution in [0, 0.1) is 6.92 Å². The summed E-state index contributed by atoms with van der Waals surface area (Å²) in [5.41, 5.74) is 0.643. The molecule has 1 heterocycles. The van der Waals surface area contributed by atoms with Crippen LogP contribution in [0.15, 0.2) is 12.1 Å². The molecule has 1 saturated carbocycles. The summed E-state index contributed by atoms with van der Waals surface area (Å²) >= 11 is 14.3. The molecule has 2 fully saturated rings. The Morgan fingerprint density at radius 1 is 1.10 bits per heavy atom. The molecule has 0 radical (unpaired) electrons. The van der Waals surface area contributed by atoms with Crippen molar-refractivity contribution in [2.45, 2.75) is 51.0 Å². The lowest BCUT2D eigenvalue weighted by Gasteiger charge is -2.50. The van der Waals surface area contributed by atoms with Crippen molar-refractivity contribution < 1.29 is 13.6 Å². The maximum Gasteiger partial charge on any atom is 0.254 e. The van der Waals surface area contributed by atoms with Crippen LogP contribution in [0.5, 0.6) is 0 Å². The van der Waals surface area contributed by atoms with Gasteiger partial charge in [0.05, 0.1) is 15.6 Å². The zero-order chi connectivity index (χ0) is 21.9. The Balaban J connectivity index is 1.73. The van der Waals surface area contributed by atoms with Gasteiger partial charge in [-0.3, -0.25) is 9.69 Å². The van der Waals surface area contributed by atoms with Crippen molar-refractivity contribution in [3.8, 4) is 0 Å². The van der Waals surface area contributed by atoms with Crippen LogP contribution in [0.4, 0.5) is 8.78 Å². The zero-order valence-corrected chi connectivity index (χ0v) is 19.8. The molecule has 1 N–H and O–H groups in total. The van der Waals surface area contributed by atoms with Crippen molar-refractivity contribution in [3.63, 3.8) is 0 Å². The molecule has 1 aromatic carbocycles. The number of rotatable bonds is 6. The van der Waals surface area contributed by atoms with Crippen LogP contribution in [0.1, 0.15) is 48.5 Å². The smallest absolute Gasteiger partial charge is 0.254 e.